The predicted molar refractivity (Wildman–Crippen MR) is 211 cm³/mol. The van der Waals surface area contributed by atoms with Crippen molar-refractivity contribution < 1.29 is 15.0 Å². The minimum Gasteiger partial charge on any atom is -0.394 e. The first-order valence-corrected chi connectivity index (χ1v) is 20.5. The molecule has 0 aliphatic carbocycles. The van der Waals surface area contributed by atoms with Gasteiger partial charge in [0.1, 0.15) is 0 Å². The number of aliphatic hydroxyl groups is 2. The summed E-state index contributed by atoms with van der Waals surface area (Å²) in [6.07, 6.45) is 54.5. The van der Waals surface area contributed by atoms with E-state index in [-0.39, 0.29) is 12.5 Å². The van der Waals surface area contributed by atoms with Crippen LogP contribution in [0.15, 0.2) is 60.8 Å². The fourth-order valence-electron chi connectivity index (χ4n) is 5.87. The van der Waals surface area contributed by atoms with E-state index in [9.17, 15) is 15.0 Å². The second-order valence-electron chi connectivity index (χ2n) is 13.7. The van der Waals surface area contributed by atoms with Gasteiger partial charge in [-0.25, -0.2) is 0 Å². The van der Waals surface area contributed by atoms with E-state index < -0.39 is 12.1 Å². The summed E-state index contributed by atoms with van der Waals surface area (Å²) in [5.74, 6) is -0.0803. The van der Waals surface area contributed by atoms with Crippen LogP contribution < -0.4 is 5.32 Å². The van der Waals surface area contributed by atoms with Gasteiger partial charge in [-0.05, 0) is 57.8 Å². The minimum absolute atomic E-state index is 0.0803. The highest BCUT2D eigenvalue weighted by molar-refractivity contribution is 5.76. The van der Waals surface area contributed by atoms with Crippen molar-refractivity contribution in [2.24, 2.45) is 0 Å². The number of carbonyl (C=O) groups excluding carboxylic acids is 1. The summed E-state index contributed by atoms with van der Waals surface area (Å²) in [5, 5.41) is 23.0. The molecule has 2 atom stereocenters. The van der Waals surface area contributed by atoms with Gasteiger partial charge in [-0.15, -0.1) is 0 Å². The Morgan fingerprint density at radius 3 is 1.38 bits per heavy atom. The molecule has 0 saturated heterocycles. The summed E-state index contributed by atoms with van der Waals surface area (Å²) in [4.78, 5) is 12.4. The Bertz CT molecular complexity index is 812. The number of hydrogen-bond acceptors (Lipinski definition) is 3. The SMILES string of the molecule is CC/C=C\C/C=C\C/C=C\C/C=C\CCCCCCCCC(=O)NC(CO)C(O)/C=C/CCCCCCCCCCCCCCCCC. The van der Waals surface area contributed by atoms with E-state index in [4.69, 9.17) is 0 Å². The van der Waals surface area contributed by atoms with Gasteiger partial charge in [-0.2, -0.15) is 0 Å². The third-order valence-electron chi connectivity index (χ3n) is 9.01. The number of aliphatic hydroxyl groups excluding tert-OH is 2. The lowest BCUT2D eigenvalue weighted by Crippen LogP contribution is -2.45. The maximum atomic E-state index is 12.4. The molecule has 278 valence electrons. The summed E-state index contributed by atoms with van der Waals surface area (Å²) in [6, 6.07) is -0.631. The minimum atomic E-state index is -0.847. The van der Waals surface area contributed by atoms with Crippen molar-refractivity contribution in [2.75, 3.05) is 6.61 Å². The van der Waals surface area contributed by atoms with Gasteiger partial charge in [0, 0.05) is 6.42 Å². The van der Waals surface area contributed by atoms with Crippen LogP contribution in [0.4, 0.5) is 0 Å². The number of unbranched alkanes of at least 4 members (excludes halogenated alkanes) is 21. The van der Waals surface area contributed by atoms with E-state index >= 15 is 0 Å². The molecule has 0 aromatic carbocycles. The van der Waals surface area contributed by atoms with Crippen LogP contribution >= 0.6 is 0 Å². The number of carbonyl (C=O) groups is 1. The molecule has 0 aliphatic rings. The monoisotopic (exact) mass is 670 g/mol. The lowest BCUT2D eigenvalue weighted by Gasteiger charge is -2.20. The molecule has 0 rings (SSSR count). The molecule has 0 fully saturated rings. The van der Waals surface area contributed by atoms with Crippen molar-refractivity contribution in [3.8, 4) is 0 Å². The standard InChI is InChI=1S/C44H79NO3/c1-3-5-7-9-11-13-15-17-19-21-22-24-26-28-30-32-34-36-38-40-44(48)45-42(41-46)43(47)39-37-35-33-31-29-27-25-23-20-18-16-14-12-10-8-6-4-2/h5,7,11,13,17,19,22,24,37,39,42-43,46-47H,3-4,6,8-10,12,14-16,18,20-21,23,25-36,38,40-41H2,1-2H3,(H,45,48)/b7-5-,13-11-,19-17-,24-22-,39-37+. The first-order valence-electron chi connectivity index (χ1n) is 20.5. The van der Waals surface area contributed by atoms with Crippen molar-refractivity contribution in [3.63, 3.8) is 0 Å². The van der Waals surface area contributed by atoms with Gasteiger partial charge in [-0.1, -0.05) is 190 Å². The van der Waals surface area contributed by atoms with Crippen LogP contribution in [0.3, 0.4) is 0 Å². The van der Waals surface area contributed by atoms with Crippen LogP contribution in [0.5, 0.6) is 0 Å². The summed E-state index contributed by atoms with van der Waals surface area (Å²) in [6.45, 7) is 4.18. The summed E-state index contributed by atoms with van der Waals surface area (Å²) < 4.78 is 0. The molecular weight excluding hydrogens is 590 g/mol. The fourth-order valence-corrected chi connectivity index (χ4v) is 5.87. The predicted octanol–water partition coefficient (Wildman–Crippen LogP) is 12.6. The average Bonchev–Trinajstić information content (AvgIpc) is 3.09. The van der Waals surface area contributed by atoms with Crippen molar-refractivity contribution in [2.45, 2.75) is 206 Å². The Morgan fingerprint density at radius 1 is 0.521 bits per heavy atom. The molecule has 0 aromatic heterocycles. The van der Waals surface area contributed by atoms with Crippen LogP contribution in [0.25, 0.3) is 0 Å². The zero-order valence-electron chi connectivity index (χ0n) is 31.7. The second kappa shape index (κ2) is 39.5. The number of rotatable bonds is 36. The first kappa shape index (κ1) is 46.1. The average molecular weight is 670 g/mol. The van der Waals surface area contributed by atoms with E-state index in [1.807, 2.05) is 6.08 Å². The van der Waals surface area contributed by atoms with Crippen LogP contribution in [0.1, 0.15) is 194 Å². The highest BCUT2D eigenvalue weighted by atomic mass is 16.3. The second-order valence-corrected chi connectivity index (χ2v) is 13.7. The topological polar surface area (TPSA) is 69.6 Å². The van der Waals surface area contributed by atoms with Gasteiger partial charge in [0.25, 0.3) is 0 Å². The molecule has 4 heteroatoms. The van der Waals surface area contributed by atoms with Gasteiger partial charge in [0.15, 0.2) is 0 Å². The molecule has 0 bridgehead atoms. The Labute approximate surface area is 298 Å². The van der Waals surface area contributed by atoms with Gasteiger partial charge in [-0.3, -0.25) is 4.79 Å². The molecule has 2 unspecified atom stereocenters. The Balaban J connectivity index is 3.65. The molecule has 3 N–H and O–H groups in total. The fraction of sp³-hybridized carbons (Fsp3) is 0.750. The number of hydrogen-bond donors (Lipinski definition) is 3. The van der Waals surface area contributed by atoms with E-state index in [2.05, 4.69) is 67.8 Å². The maximum Gasteiger partial charge on any atom is 0.220 e. The summed E-state index contributed by atoms with van der Waals surface area (Å²) >= 11 is 0. The van der Waals surface area contributed by atoms with Crippen LogP contribution in [0.2, 0.25) is 0 Å². The number of nitrogens with one attached hydrogen (secondary N) is 1. The molecule has 1 amide bonds. The lowest BCUT2D eigenvalue weighted by atomic mass is 10.0. The van der Waals surface area contributed by atoms with Crippen molar-refractivity contribution in [3.05, 3.63) is 60.8 Å². The molecule has 0 radical (unpaired) electrons. The first-order chi connectivity index (χ1) is 23.7. The number of allylic oxidation sites excluding steroid dienone is 9. The lowest BCUT2D eigenvalue weighted by molar-refractivity contribution is -0.123. The smallest absolute Gasteiger partial charge is 0.220 e. The van der Waals surface area contributed by atoms with E-state index in [1.54, 1.807) is 6.08 Å². The molecule has 48 heavy (non-hydrogen) atoms. The molecule has 0 spiro atoms. The van der Waals surface area contributed by atoms with Crippen LogP contribution in [-0.2, 0) is 4.79 Å². The zero-order valence-corrected chi connectivity index (χ0v) is 31.7. The van der Waals surface area contributed by atoms with Crippen LogP contribution in [0, 0.1) is 0 Å². The van der Waals surface area contributed by atoms with E-state index in [0.29, 0.717) is 6.42 Å². The summed E-state index contributed by atoms with van der Waals surface area (Å²) in [7, 11) is 0. The van der Waals surface area contributed by atoms with Crippen molar-refractivity contribution >= 4 is 5.91 Å². The third kappa shape index (κ3) is 35.4. The van der Waals surface area contributed by atoms with E-state index in [0.717, 1.165) is 64.2 Å². The highest BCUT2D eigenvalue weighted by Crippen LogP contribution is 2.14. The van der Waals surface area contributed by atoms with Crippen molar-refractivity contribution in [1.82, 2.24) is 5.32 Å². The van der Waals surface area contributed by atoms with Gasteiger partial charge in [0.05, 0.1) is 18.8 Å². The molecule has 0 aromatic rings. The maximum absolute atomic E-state index is 12.4. The molecule has 0 heterocycles. The Hall–Kier alpha value is -1.91. The number of amides is 1. The van der Waals surface area contributed by atoms with Gasteiger partial charge in [0.2, 0.25) is 5.91 Å². The van der Waals surface area contributed by atoms with Gasteiger partial charge < -0.3 is 15.5 Å². The highest BCUT2D eigenvalue weighted by Gasteiger charge is 2.17. The molecular formula is C44H79NO3. The van der Waals surface area contributed by atoms with Crippen LogP contribution in [-0.4, -0.2) is 34.9 Å². The zero-order chi connectivity index (χ0) is 35.0. The normalized spacial score (nSPS) is 13.7. The quantitative estimate of drug-likeness (QED) is 0.0459. The van der Waals surface area contributed by atoms with Gasteiger partial charge >= 0.3 is 0 Å². The Kier molecular flexibility index (Phi) is 38.0. The third-order valence-corrected chi connectivity index (χ3v) is 9.01. The molecule has 0 saturated carbocycles. The molecule has 4 nitrogen and oxygen atoms in total. The largest absolute Gasteiger partial charge is 0.394 e. The molecule has 0 aliphatic heterocycles. The van der Waals surface area contributed by atoms with Crippen molar-refractivity contribution in [1.29, 1.82) is 0 Å². The summed E-state index contributed by atoms with van der Waals surface area (Å²) in [5.41, 5.74) is 0. The van der Waals surface area contributed by atoms with E-state index in [1.165, 1.54) is 109 Å². The Morgan fingerprint density at radius 2 is 0.917 bits per heavy atom.